The standard InChI is InChI=1S/C29H38N8O3.C2HF3O2.CHF3.CH2O2/c1-17(2)9-10-33-28(39)22-11-21(12-23(30)13-22)24-15-35-27(36-18(3)4)29(40)37(24)16-25(38)34-14-19-5-7-20(8-6-19)26(31)32;3-2(4,5)1(6)7;2-1(3)4;2-1-3/h5-8,11-13,15,17-18H,9-10,14,16,30H2,1-4H3,(H3,31,32)(H,33,39)(H,34,38)(H,35,36);(H,6,7);1H;1H,(H,2,3). The van der Waals surface area contributed by atoms with Crippen LogP contribution in [0.1, 0.15) is 55.6 Å². The zero-order chi connectivity index (χ0) is 41.8. The molecule has 3 rings (SSSR count). The number of carboxylic acids is 1. The molecule has 0 aliphatic rings. The molecule has 3 aromatic rings. The van der Waals surface area contributed by atoms with E-state index in [9.17, 15) is 40.7 Å². The number of amides is 2. The third-order valence-corrected chi connectivity index (χ3v) is 6.30. The Morgan fingerprint density at radius 2 is 1.54 bits per heavy atom. The molecule has 21 heteroatoms. The van der Waals surface area contributed by atoms with Crippen molar-refractivity contribution in [2.45, 2.75) is 66.1 Å². The second kappa shape index (κ2) is 23.4. The summed E-state index contributed by atoms with van der Waals surface area (Å²) < 4.78 is 62.1. The van der Waals surface area contributed by atoms with E-state index in [1.807, 2.05) is 13.8 Å². The average Bonchev–Trinajstić information content (AvgIpc) is 3.05. The van der Waals surface area contributed by atoms with Gasteiger partial charge in [-0.2, -0.15) is 26.3 Å². The van der Waals surface area contributed by atoms with Crippen LogP contribution >= 0.6 is 0 Å². The van der Waals surface area contributed by atoms with Gasteiger partial charge in [0.25, 0.3) is 17.9 Å². The normalized spacial score (nSPS) is 10.5. The van der Waals surface area contributed by atoms with Crippen LogP contribution in [0.2, 0.25) is 0 Å². The van der Waals surface area contributed by atoms with E-state index in [2.05, 4.69) is 34.8 Å². The Labute approximate surface area is 305 Å². The summed E-state index contributed by atoms with van der Waals surface area (Å²) in [4.78, 5) is 60.8. The summed E-state index contributed by atoms with van der Waals surface area (Å²) in [5, 5.41) is 30.3. The molecule has 2 amide bonds. The smallest absolute Gasteiger partial charge is 0.483 e. The second-order valence-corrected chi connectivity index (χ2v) is 11.5. The molecule has 0 fully saturated rings. The number of benzene rings is 2. The molecule has 1 aromatic heterocycles. The molecule has 2 aromatic carbocycles. The molecule has 0 atom stereocenters. The lowest BCUT2D eigenvalue weighted by Crippen LogP contribution is -2.35. The van der Waals surface area contributed by atoms with E-state index in [-0.39, 0.29) is 43.2 Å². The number of halogens is 6. The monoisotopic (exact) mass is 776 g/mol. The summed E-state index contributed by atoms with van der Waals surface area (Å²) in [6.45, 7) is 4.48. The molecule has 10 N–H and O–H groups in total. The summed E-state index contributed by atoms with van der Waals surface area (Å²) in [6.07, 6.45) is -2.75. The molecule has 0 radical (unpaired) electrons. The van der Waals surface area contributed by atoms with Gasteiger partial charge in [-0.1, -0.05) is 38.1 Å². The molecule has 1 heterocycles. The van der Waals surface area contributed by atoms with E-state index in [1.165, 1.54) is 10.8 Å². The number of amidine groups is 1. The van der Waals surface area contributed by atoms with Crippen molar-refractivity contribution in [3.05, 3.63) is 75.7 Å². The number of nitrogens with zero attached hydrogens (tertiary/aromatic N) is 2. The SMILES string of the molecule is CC(C)CCNC(=O)c1cc(N)cc(-c2cnc(NC(C)C)c(=O)n2CC(=O)NCc2ccc(C(=N)N)cc2)c1.FC(F)F.O=C(O)C(F)(F)F.O=CO. The highest BCUT2D eigenvalue weighted by Gasteiger charge is 2.38. The summed E-state index contributed by atoms with van der Waals surface area (Å²) in [5.74, 6) is -2.90. The second-order valence-electron chi connectivity index (χ2n) is 11.5. The lowest BCUT2D eigenvalue weighted by molar-refractivity contribution is -0.192. The third kappa shape index (κ3) is 18.9. The molecule has 0 aliphatic carbocycles. The highest BCUT2D eigenvalue weighted by Crippen LogP contribution is 2.23. The molecule has 0 spiro atoms. The van der Waals surface area contributed by atoms with E-state index in [4.69, 9.17) is 36.7 Å². The molecule has 54 heavy (non-hydrogen) atoms. The fourth-order valence-electron chi connectivity index (χ4n) is 3.96. The van der Waals surface area contributed by atoms with Gasteiger partial charge in [0.2, 0.25) is 5.91 Å². The highest BCUT2D eigenvalue weighted by atomic mass is 19.4. The summed E-state index contributed by atoms with van der Waals surface area (Å²) in [6, 6.07) is 11.7. The number of nitrogens with one attached hydrogen (secondary N) is 4. The van der Waals surface area contributed by atoms with E-state index < -0.39 is 30.3 Å². The maximum Gasteiger partial charge on any atom is 0.490 e. The number of nitrogens with two attached hydrogens (primary N) is 2. The first kappa shape index (κ1) is 47.8. The Bertz CT molecular complexity index is 1750. The number of anilines is 2. The number of aliphatic carboxylic acids is 1. The molecule has 0 aliphatic heterocycles. The predicted molar refractivity (Wildman–Crippen MR) is 188 cm³/mol. The average molecular weight is 777 g/mol. The van der Waals surface area contributed by atoms with Crippen molar-refractivity contribution in [1.82, 2.24) is 20.2 Å². The number of hydrogen-bond acceptors (Lipinski definition) is 9. The fourth-order valence-corrected chi connectivity index (χ4v) is 3.96. The van der Waals surface area contributed by atoms with Crippen LogP contribution in [0.4, 0.5) is 37.8 Å². The Hall–Kier alpha value is -6.15. The van der Waals surface area contributed by atoms with Crippen molar-refractivity contribution in [1.29, 1.82) is 5.41 Å². The van der Waals surface area contributed by atoms with Crippen LogP contribution in [0, 0.1) is 11.3 Å². The molecule has 298 valence electrons. The van der Waals surface area contributed by atoms with Crippen molar-refractivity contribution >= 4 is 41.6 Å². The Balaban J connectivity index is 0.00000171. The van der Waals surface area contributed by atoms with Gasteiger partial charge < -0.3 is 37.6 Å². The van der Waals surface area contributed by atoms with Crippen molar-refractivity contribution in [2.75, 3.05) is 17.6 Å². The number of carbonyl (C=O) groups is 4. The zero-order valence-electron chi connectivity index (χ0n) is 29.5. The first-order chi connectivity index (χ1) is 25.0. The van der Waals surface area contributed by atoms with E-state index >= 15 is 0 Å². The minimum atomic E-state index is -5.08. The van der Waals surface area contributed by atoms with E-state index in [1.54, 1.807) is 42.5 Å². The van der Waals surface area contributed by atoms with Gasteiger partial charge in [-0.3, -0.25) is 29.2 Å². The van der Waals surface area contributed by atoms with Crippen molar-refractivity contribution in [3.8, 4) is 11.3 Å². The van der Waals surface area contributed by atoms with Crippen LogP contribution in [0.5, 0.6) is 0 Å². The maximum atomic E-state index is 13.4. The minimum absolute atomic E-state index is 0.0382. The minimum Gasteiger partial charge on any atom is -0.483 e. The van der Waals surface area contributed by atoms with Crippen LogP contribution in [0.15, 0.2) is 53.5 Å². The van der Waals surface area contributed by atoms with Gasteiger partial charge in [0.05, 0.1) is 11.9 Å². The Morgan fingerprint density at radius 3 is 2.00 bits per heavy atom. The molecule has 0 saturated heterocycles. The topological polar surface area (TPSA) is 256 Å². The van der Waals surface area contributed by atoms with Crippen molar-refractivity contribution in [2.24, 2.45) is 11.7 Å². The summed E-state index contributed by atoms with van der Waals surface area (Å²) >= 11 is 0. The molecule has 15 nitrogen and oxygen atoms in total. The van der Waals surface area contributed by atoms with Crippen molar-refractivity contribution in [3.63, 3.8) is 0 Å². The number of nitrogen functional groups attached to an aromatic ring is 2. The summed E-state index contributed by atoms with van der Waals surface area (Å²) in [7, 11) is 0. The van der Waals surface area contributed by atoms with Gasteiger partial charge in [0, 0.05) is 41.5 Å². The third-order valence-electron chi connectivity index (χ3n) is 6.30. The lowest BCUT2D eigenvalue weighted by Gasteiger charge is -2.17. The van der Waals surface area contributed by atoms with Crippen LogP contribution < -0.4 is 33.0 Å². The van der Waals surface area contributed by atoms with Crippen LogP contribution in [-0.2, 0) is 27.5 Å². The van der Waals surface area contributed by atoms with Gasteiger partial charge in [0.1, 0.15) is 12.4 Å². The van der Waals surface area contributed by atoms with Gasteiger partial charge in [-0.25, -0.2) is 9.78 Å². The zero-order valence-corrected chi connectivity index (χ0v) is 29.5. The van der Waals surface area contributed by atoms with E-state index in [0.717, 1.165) is 12.0 Å². The highest BCUT2D eigenvalue weighted by molar-refractivity contribution is 5.96. The Morgan fingerprint density at radius 1 is 1.00 bits per heavy atom. The quantitative estimate of drug-likeness (QED) is 0.0425. The number of carbonyl (C=O) groups excluding carboxylic acids is 2. The van der Waals surface area contributed by atoms with Crippen molar-refractivity contribution < 1.29 is 55.7 Å². The number of carboxylic acid groups (broad SMARTS) is 2. The summed E-state index contributed by atoms with van der Waals surface area (Å²) in [5.41, 5.74) is 14.1. The van der Waals surface area contributed by atoms with Gasteiger partial charge in [-0.15, -0.1) is 0 Å². The molecular formula is C33H42F6N8O7. The first-order valence-electron chi connectivity index (χ1n) is 15.6. The van der Waals surface area contributed by atoms with Crippen LogP contribution in [0.25, 0.3) is 11.3 Å². The van der Waals surface area contributed by atoms with Gasteiger partial charge in [0.15, 0.2) is 5.82 Å². The first-order valence-corrected chi connectivity index (χ1v) is 15.6. The Kier molecular flexibility index (Phi) is 20.8. The number of aromatic nitrogens is 2. The maximum absolute atomic E-state index is 13.4. The van der Waals surface area contributed by atoms with E-state index in [0.29, 0.717) is 40.5 Å². The molecule has 0 saturated carbocycles. The number of alkyl halides is 6. The van der Waals surface area contributed by atoms with Gasteiger partial charge >= 0.3 is 18.8 Å². The number of hydrogen-bond donors (Lipinski definition) is 8. The fraction of sp³-hybridized carbons (Fsp3) is 0.364. The van der Waals surface area contributed by atoms with Gasteiger partial charge in [-0.05, 0) is 49.9 Å². The largest absolute Gasteiger partial charge is 0.490 e. The molecule has 0 bridgehead atoms. The molecule has 0 unspecified atom stereocenters. The van der Waals surface area contributed by atoms with Crippen LogP contribution in [0.3, 0.4) is 0 Å². The number of rotatable bonds is 12. The lowest BCUT2D eigenvalue weighted by atomic mass is 10.1. The predicted octanol–water partition coefficient (Wildman–Crippen LogP) is 4.20. The molecular weight excluding hydrogens is 734 g/mol. The van der Waals surface area contributed by atoms with Crippen LogP contribution in [-0.4, -0.2) is 75.3 Å².